The summed E-state index contributed by atoms with van der Waals surface area (Å²) in [6.07, 6.45) is 0.293. The van der Waals surface area contributed by atoms with Crippen LogP contribution in [0.4, 0.5) is 0 Å². The molecule has 2 N–H and O–H groups in total. The first kappa shape index (κ1) is 11.6. The van der Waals surface area contributed by atoms with Crippen molar-refractivity contribution in [2.75, 3.05) is 13.2 Å². The number of benzene rings is 2. The number of hydrogen-bond acceptors (Lipinski definition) is 3. The van der Waals surface area contributed by atoms with Gasteiger partial charge in [-0.2, -0.15) is 0 Å². The normalized spacial score (nSPS) is 10.4. The van der Waals surface area contributed by atoms with Crippen molar-refractivity contribution in [3.05, 3.63) is 48.0 Å². The van der Waals surface area contributed by atoms with Gasteiger partial charge < -0.3 is 10.5 Å². The van der Waals surface area contributed by atoms with Gasteiger partial charge in [0.25, 0.3) is 0 Å². The highest BCUT2D eigenvalue weighted by atomic mass is 16.5. The summed E-state index contributed by atoms with van der Waals surface area (Å²) < 4.78 is 4.98. The molecule has 0 aliphatic rings. The van der Waals surface area contributed by atoms with Crippen LogP contribution in [0, 0.1) is 0 Å². The van der Waals surface area contributed by atoms with Crippen LogP contribution in [0.25, 0.3) is 10.8 Å². The highest BCUT2D eigenvalue weighted by molar-refractivity contribution is 5.88. The Hall–Kier alpha value is -1.87. The van der Waals surface area contributed by atoms with Gasteiger partial charge in [0.1, 0.15) is 6.61 Å². The first-order chi connectivity index (χ1) is 8.31. The standard InChI is InChI=1S/C14H15NO2/c15-8-9-17-14(16)10-12-6-3-5-11-4-1-2-7-13(11)12/h1-7H,8-10,15H2. The van der Waals surface area contributed by atoms with Gasteiger partial charge in [0, 0.05) is 6.54 Å². The van der Waals surface area contributed by atoms with Crippen molar-refractivity contribution in [2.45, 2.75) is 6.42 Å². The third-order valence-electron chi connectivity index (χ3n) is 2.60. The predicted octanol–water partition coefficient (Wildman–Crippen LogP) is 1.88. The fraction of sp³-hybridized carbons (Fsp3) is 0.214. The van der Waals surface area contributed by atoms with E-state index in [0.29, 0.717) is 13.0 Å². The summed E-state index contributed by atoms with van der Waals surface area (Å²) >= 11 is 0. The Labute approximate surface area is 100 Å². The lowest BCUT2D eigenvalue weighted by molar-refractivity contribution is -0.142. The molecule has 0 bridgehead atoms. The van der Waals surface area contributed by atoms with Crippen molar-refractivity contribution in [2.24, 2.45) is 5.73 Å². The van der Waals surface area contributed by atoms with Crippen LogP contribution >= 0.6 is 0 Å². The average molecular weight is 229 g/mol. The van der Waals surface area contributed by atoms with Crippen LogP contribution in [-0.4, -0.2) is 19.1 Å². The minimum absolute atomic E-state index is 0.230. The molecule has 0 atom stereocenters. The van der Waals surface area contributed by atoms with E-state index in [1.807, 2.05) is 42.5 Å². The Kier molecular flexibility index (Phi) is 3.73. The lowest BCUT2D eigenvalue weighted by atomic mass is 10.0. The second kappa shape index (κ2) is 5.46. The molecule has 0 saturated carbocycles. The predicted molar refractivity (Wildman–Crippen MR) is 67.7 cm³/mol. The molecule has 2 aromatic carbocycles. The molecule has 2 aromatic rings. The summed E-state index contributed by atoms with van der Waals surface area (Å²) in [6, 6.07) is 13.9. The molecule has 0 fully saturated rings. The van der Waals surface area contributed by atoms with E-state index in [4.69, 9.17) is 10.5 Å². The van der Waals surface area contributed by atoms with Crippen LogP contribution in [0.1, 0.15) is 5.56 Å². The molecule has 0 spiro atoms. The van der Waals surface area contributed by atoms with Crippen LogP contribution in [0.3, 0.4) is 0 Å². The molecule has 88 valence electrons. The monoisotopic (exact) mass is 229 g/mol. The first-order valence-electron chi connectivity index (χ1n) is 5.63. The molecule has 0 aliphatic heterocycles. The van der Waals surface area contributed by atoms with E-state index in [1.54, 1.807) is 0 Å². The molecule has 3 heteroatoms. The fourth-order valence-electron chi connectivity index (χ4n) is 1.83. The maximum Gasteiger partial charge on any atom is 0.310 e. The zero-order valence-electron chi connectivity index (χ0n) is 9.56. The lowest BCUT2D eigenvalue weighted by Gasteiger charge is -2.06. The fourth-order valence-corrected chi connectivity index (χ4v) is 1.83. The number of hydrogen-bond donors (Lipinski definition) is 1. The number of carbonyl (C=O) groups excluding carboxylic acids is 1. The smallest absolute Gasteiger partial charge is 0.310 e. The summed E-state index contributed by atoms with van der Waals surface area (Å²) in [5, 5.41) is 2.23. The summed E-state index contributed by atoms with van der Waals surface area (Å²) in [7, 11) is 0. The molecule has 2 rings (SSSR count). The van der Waals surface area contributed by atoms with Crippen molar-refractivity contribution < 1.29 is 9.53 Å². The van der Waals surface area contributed by atoms with E-state index in [-0.39, 0.29) is 12.6 Å². The largest absolute Gasteiger partial charge is 0.464 e. The van der Waals surface area contributed by atoms with Crippen LogP contribution in [-0.2, 0) is 16.0 Å². The first-order valence-corrected chi connectivity index (χ1v) is 5.63. The Morgan fingerprint density at radius 3 is 2.71 bits per heavy atom. The molecule has 0 unspecified atom stereocenters. The van der Waals surface area contributed by atoms with Gasteiger partial charge in [-0.25, -0.2) is 0 Å². The van der Waals surface area contributed by atoms with Crippen molar-refractivity contribution in [3.8, 4) is 0 Å². The van der Waals surface area contributed by atoms with Crippen LogP contribution < -0.4 is 5.73 Å². The maximum absolute atomic E-state index is 11.5. The van der Waals surface area contributed by atoms with Gasteiger partial charge >= 0.3 is 5.97 Å². The van der Waals surface area contributed by atoms with E-state index in [1.165, 1.54) is 0 Å². The number of esters is 1. The molecule has 17 heavy (non-hydrogen) atoms. The highest BCUT2D eigenvalue weighted by Crippen LogP contribution is 2.19. The van der Waals surface area contributed by atoms with E-state index in [9.17, 15) is 4.79 Å². The number of rotatable bonds is 4. The highest BCUT2D eigenvalue weighted by Gasteiger charge is 2.07. The summed E-state index contributed by atoms with van der Waals surface area (Å²) in [5.41, 5.74) is 6.27. The molecule has 0 heterocycles. The zero-order chi connectivity index (χ0) is 12.1. The number of nitrogens with two attached hydrogens (primary N) is 1. The van der Waals surface area contributed by atoms with Gasteiger partial charge in [0.05, 0.1) is 6.42 Å². The van der Waals surface area contributed by atoms with Gasteiger partial charge in [-0.1, -0.05) is 42.5 Å². The molecule has 3 nitrogen and oxygen atoms in total. The van der Waals surface area contributed by atoms with Crippen molar-refractivity contribution in [1.82, 2.24) is 0 Å². The summed E-state index contributed by atoms with van der Waals surface area (Å²) in [5.74, 6) is -0.230. The Morgan fingerprint density at radius 2 is 1.88 bits per heavy atom. The quantitative estimate of drug-likeness (QED) is 0.814. The Morgan fingerprint density at radius 1 is 1.12 bits per heavy atom. The van der Waals surface area contributed by atoms with Gasteiger partial charge in [-0.05, 0) is 16.3 Å². The molecule has 0 aliphatic carbocycles. The van der Waals surface area contributed by atoms with Crippen molar-refractivity contribution in [1.29, 1.82) is 0 Å². The molecule has 0 radical (unpaired) electrons. The van der Waals surface area contributed by atoms with Gasteiger partial charge in [-0.15, -0.1) is 0 Å². The van der Waals surface area contributed by atoms with E-state index in [0.717, 1.165) is 16.3 Å². The Bertz CT molecular complexity index is 517. The van der Waals surface area contributed by atoms with Crippen molar-refractivity contribution in [3.63, 3.8) is 0 Å². The van der Waals surface area contributed by atoms with E-state index < -0.39 is 0 Å². The molecule has 0 saturated heterocycles. The van der Waals surface area contributed by atoms with Crippen LogP contribution in [0.15, 0.2) is 42.5 Å². The molecular formula is C14H15NO2. The average Bonchev–Trinajstić information content (AvgIpc) is 2.37. The molecule has 0 amide bonds. The summed E-state index contributed by atoms with van der Waals surface area (Å²) in [4.78, 5) is 11.5. The third kappa shape index (κ3) is 2.82. The minimum Gasteiger partial charge on any atom is -0.464 e. The second-order valence-electron chi connectivity index (χ2n) is 3.82. The van der Waals surface area contributed by atoms with Gasteiger partial charge in [0.15, 0.2) is 0 Å². The zero-order valence-corrected chi connectivity index (χ0v) is 9.56. The molecule has 0 aromatic heterocycles. The maximum atomic E-state index is 11.5. The minimum atomic E-state index is -0.230. The Balaban J connectivity index is 2.21. The lowest BCUT2D eigenvalue weighted by Crippen LogP contribution is -2.15. The topological polar surface area (TPSA) is 52.3 Å². The molecular weight excluding hydrogens is 214 g/mol. The summed E-state index contributed by atoms with van der Waals surface area (Å²) in [6.45, 7) is 0.644. The number of carbonyl (C=O) groups is 1. The SMILES string of the molecule is NCCOC(=O)Cc1cccc2ccccc12. The van der Waals surface area contributed by atoms with Gasteiger partial charge in [0.2, 0.25) is 0 Å². The third-order valence-corrected chi connectivity index (χ3v) is 2.60. The number of ether oxygens (including phenoxy) is 1. The number of fused-ring (bicyclic) bond motifs is 1. The van der Waals surface area contributed by atoms with E-state index >= 15 is 0 Å². The van der Waals surface area contributed by atoms with Crippen LogP contribution in [0.5, 0.6) is 0 Å². The van der Waals surface area contributed by atoms with Crippen LogP contribution in [0.2, 0.25) is 0 Å². The van der Waals surface area contributed by atoms with Crippen molar-refractivity contribution >= 4 is 16.7 Å². The van der Waals surface area contributed by atoms with Gasteiger partial charge in [-0.3, -0.25) is 4.79 Å². The second-order valence-corrected chi connectivity index (χ2v) is 3.82. The van der Waals surface area contributed by atoms with E-state index in [2.05, 4.69) is 0 Å².